The average Bonchev–Trinajstić information content (AvgIpc) is 3.07. The SMILES string of the molecule is CCS(=O)c1cc(C(C)(C#N)C#N)cnc1-c1nc2cc(C(F)(F)F)ncc2n1C. The number of aryl methyl sites for hydroxylation is 1. The van der Waals surface area contributed by atoms with E-state index in [2.05, 4.69) is 15.0 Å². The number of alkyl halides is 3. The number of imidazole rings is 1. The van der Waals surface area contributed by atoms with E-state index in [0.29, 0.717) is 5.52 Å². The number of halogens is 3. The van der Waals surface area contributed by atoms with Crippen LogP contribution in [0.2, 0.25) is 0 Å². The molecule has 0 radical (unpaired) electrons. The number of nitrogens with zero attached hydrogens (tertiary/aromatic N) is 6. The molecule has 0 bridgehead atoms. The van der Waals surface area contributed by atoms with Crippen molar-refractivity contribution in [1.82, 2.24) is 19.5 Å². The molecule has 0 spiro atoms. The Bertz CT molecular complexity index is 1240. The second kappa shape index (κ2) is 7.50. The van der Waals surface area contributed by atoms with Gasteiger partial charge in [-0.2, -0.15) is 23.7 Å². The summed E-state index contributed by atoms with van der Waals surface area (Å²) in [4.78, 5) is 12.2. The molecule has 0 aliphatic rings. The van der Waals surface area contributed by atoms with Crippen LogP contribution in [-0.2, 0) is 29.4 Å². The maximum atomic E-state index is 13.0. The number of fused-ring (bicyclic) bond motifs is 1. The summed E-state index contributed by atoms with van der Waals surface area (Å²) in [5.74, 6) is 0.433. The van der Waals surface area contributed by atoms with Gasteiger partial charge in [-0.1, -0.05) is 6.92 Å². The van der Waals surface area contributed by atoms with Gasteiger partial charge >= 0.3 is 6.18 Å². The molecule has 3 rings (SSSR count). The quantitative estimate of drug-likeness (QED) is 0.625. The number of pyridine rings is 2. The van der Waals surface area contributed by atoms with Crippen LogP contribution in [-0.4, -0.2) is 29.5 Å². The van der Waals surface area contributed by atoms with Gasteiger partial charge < -0.3 is 4.57 Å². The molecule has 0 aliphatic carbocycles. The summed E-state index contributed by atoms with van der Waals surface area (Å²) in [7, 11) is 0.0557. The molecule has 0 amide bonds. The zero-order valence-corrected chi connectivity index (χ0v) is 17.0. The Labute approximate surface area is 172 Å². The molecule has 11 heteroatoms. The lowest BCUT2D eigenvalue weighted by atomic mass is 9.87. The lowest BCUT2D eigenvalue weighted by Gasteiger charge is -2.15. The van der Waals surface area contributed by atoms with Gasteiger partial charge in [0.25, 0.3) is 0 Å². The predicted molar refractivity (Wildman–Crippen MR) is 102 cm³/mol. The fourth-order valence-corrected chi connectivity index (χ4v) is 3.75. The van der Waals surface area contributed by atoms with Crippen LogP contribution < -0.4 is 0 Å². The maximum absolute atomic E-state index is 13.0. The zero-order valence-electron chi connectivity index (χ0n) is 16.2. The Hall–Kier alpha value is -3.31. The second-order valence-electron chi connectivity index (χ2n) is 6.60. The smallest absolute Gasteiger partial charge is 0.325 e. The van der Waals surface area contributed by atoms with Gasteiger partial charge in [-0.3, -0.25) is 9.19 Å². The van der Waals surface area contributed by atoms with E-state index in [4.69, 9.17) is 0 Å². The zero-order chi connectivity index (χ0) is 22.3. The van der Waals surface area contributed by atoms with Gasteiger partial charge in [0.2, 0.25) is 0 Å². The molecule has 0 saturated heterocycles. The molecule has 1 atom stereocenters. The Morgan fingerprint density at radius 1 is 1.17 bits per heavy atom. The van der Waals surface area contributed by atoms with E-state index in [1.165, 1.54) is 23.8 Å². The highest BCUT2D eigenvalue weighted by Crippen LogP contribution is 2.33. The first-order chi connectivity index (χ1) is 14.1. The molecular formula is C19H15F3N6OS. The third-order valence-electron chi connectivity index (χ3n) is 4.65. The summed E-state index contributed by atoms with van der Waals surface area (Å²) in [6.07, 6.45) is -2.22. The lowest BCUT2D eigenvalue weighted by Crippen LogP contribution is -2.18. The Kier molecular flexibility index (Phi) is 5.35. The molecule has 0 aliphatic heterocycles. The topological polar surface area (TPSA) is 108 Å². The Balaban J connectivity index is 2.26. The van der Waals surface area contributed by atoms with Crippen LogP contribution in [0.4, 0.5) is 13.2 Å². The maximum Gasteiger partial charge on any atom is 0.433 e. The number of aromatic nitrogens is 4. The highest BCUT2D eigenvalue weighted by molar-refractivity contribution is 7.85. The van der Waals surface area contributed by atoms with Crippen molar-refractivity contribution in [3.05, 3.63) is 35.8 Å². The van der Waals surface area contributed by atoms with Gasteiger partial charge in [-0.05, 0) is 19.1 Å². The third-order valence-corrected chi connectivity index (χ3v) is 5.98. The van der Waals surface area contributed by atoms with E-state index in [1.54, 1.807) is 14.0 Å². The predicted octanol–water partition coefficient (Wildman–Crippen LogP) is 3.48. The summed E-state index contributed by atoms with van der Waals surface area (Å²) in [5, 5.41) is 18.7. The molecule has 0 aromatic carbocycles. The van der Waals surface area contributed by atoms with Gasteiger partial charge in [-0.25, -0.2) is 9.97 Å². The van der Waals surface area contributed by atoms with E-state index in [9.17, 15) is 27.9 Å². The monoisotopic (exact) mass is 432 g/mol. The fraction of sp³-hybridized carbons (Fsp3) is 0.316. The van der Waals surface area contributed by atoms with E-state index < -0.39 is 28.1 Å². The summed E-state index contributed by atoms with van der Waals surface area (Å²) in [6, 6.07) is 6.12. The molecule has 30 heavy (non-hydrogen) atoms. The molecule has 0 fully saturated rings. The van der Waals surface area contributed by atoms with Crippen molar-refractivity contribution < 1.29 is 17.4 Å². The van der Waals surface area contributed by atoms with E-state index in [-0.39, 0.29) is 33.2 Å². The van der Waals surface area contributed by atoms with Crippen molar-refractivity contribution >= 4 is 21.8 Å². The molecule has 154 valence electrons. The van der Waals surface area contributed by atoms with Gasteiger partial charge in [0.15, 0.2) is 11.2 Å². The van der Waals surface area contributed by atoms with E-state index in [1.807, 2.05) is 12.1 Å². The third kappa shape index (κ3) is 3.53. The van der Waals surface area contributed by atoms with Crippen LogP contribution in [0.1, 0.15) is 25.1 Å². The number of nitriles is 2. The first kappa shape index (κ1) is 21.4. The van der Waals surface area contributed by atoms with Crippen molar-refractivity contribution in [2.75, 3.05) is 5.75 Å². The van der Waals surface area contributed by atoms with Crippen LogP contribution in [0, 0.1) is 22.7 Å². The Morgan fingerprint density at radius 2 is 1.83 bits per heavy atom. The van der Waals surface area contributed by atoms with Gasteiger partial charge in [-0.15, -0.1) is 0 Å². The largest absolute Gasteiger partial charge is 0.433 e. The molecule has 3 aromatic heterocycles. The van der Waals surface area contributed by atoms with Crippen LogP contribution >= 0.6 is 0 Å². The fourth-order valence-electron chi connectivity index (χ4n) is 2.82. The summed E-state index contributed by atoms with van der Waals surface area (Å²) in [6.45, 7) is 3.11. The van der Waals surface area contributed by atoms with Gasteiger partial charge in [0.1, 0.15) is 11.4 Å². The van der Waals surface area contributed by atoms with Crippen LogP contribution in [0.3, 0.4) is 0 Å². The molecule has 3 heterocycles. The molecule has 3 aromatic rings. The van der Waals surface area contributed by atoms with Crippen molar-refractivity contribution in [2.45, 2.75) is 30.3 Å². The van der Waals surface area contributed by atoms with Crippen molar-refractivity contribution in [3.8, 4) is 23.7 Å². The number of hydrogen-bond donors (Lipinski definition) is 0. The minimum Gasteiger partial charge on any atom is -0.325 e. The molecule has 1 unspecified atom stereocenters. The standard InChI is InChI=1S/C19H15F3N6OS/c1-4-30(29)14-5-11(18(2,9-23)10-24)7-26-16(14)17-27-12-6-15(19(20,21)22)25-8-13(12)28(17)3/h5-8H,4H2,1-3H3. The highest BCUT2D eigenvalue weighted by Gasteiger charge is 2.33. The van der Waals surface area contributed by atoms with Crippen LogP contribution in [0.25, 0.3) is 22.6 Å². The average molecular weight is 432 g/mol. The first-order valence-electron chi connectivity index (χ1n) is 8.67. The molecule has 0 saturated carbocycles. The Morgan fingerprint density at radius 3 is 2.40 bits per heavy atom. The second-order valence-corrected chi connectivity index (χ2v) is 8.31. The van der Waals surface area contributed by atoms with Crippen molar-refractivity contribution in [2.24, 2.45) is 7.05 Å². The van der Waals surface area contributed by atoms with Crippen LogP contribution in [0.15, 0.2) is 29.4 Å². The lowest BCUT2D eigenvalue weighted by molar-refractivity contribution is -0.141. The van der Waals surface area contributed by atoms with E-state index >= 15 is 0 Å². The van der Waals surface area contributed by atoms with E-state index in [0.717, 1.165) is 12.3 Å². The number of rotatable bonds is 4. The summed E-state index contributed by atoms with van der Waals surface area (Å²) >= 11 is 0. The van der Waals surface area contributed by atoms with Gasteiger partial charge in [0.05, 0.1) is 45.1 Å². The molecular weight excluding hydrogens is 417 g/mol. The van der Waals surface area contributed by atoms with Crippen molar-refractivity contribution in [3.63, 3.8) is 0 Å². The minimum absolute atomic E-state index is 0.0628. The summed E-state index contributed by atoms with van der Waals surface area (Å²) < 4.78 is 53.1. The normalized spacial score (nSPS) is 13.1. The first-order valence-corrected chi connectivity index (χ1v) is 9.99. The molecule has 0 N–H and O–H groups in total. The minimum atomic E-state index is -4.61. The van der Waals surface area contributed by atoms with Crippen molar-refractivity contribution in [1.29, 1.82) is 10.5 Å². The molecule has 7 nitrogen and oxygen atoms in total. The highest BCUT2D eigenvalue weighted by atomic mass is 32.2. The summed E-state index contributed by atoms with van der Waals surface area (Å²) in [5.41, 5.74) is -1.68. The number of hydrogen-bond acceptors (Lipinski definition) is 6. The van der Waals surface area contributed by atoms with Gasteiger partial charge in [0, 0.05) is 24.6 Å². The van der Waals surface area contributed by atoms with Crippen LogP contribution in [0.5, 0.6) is 0 Å².